The first-order chi connectivity index (χ1) is 10.7. The molecule has 4 heteroatoms. The first-order valence-electron chi connectivity index (χ1n) is 8.34. The summed E-state index contributed by atoms with van der Waals surface area (Å²) in [5, 5.41) is 3.08. The third-order valence-corrected chi connectivity index (χ3v) is 4.80. The zero-order valence-corrected chi connectivity index (χ0v) is 13.0. The summed E-state index contributed by atoms with van der Waals surface area (Å²) in [5.74, 6) is 0.487. The van der Waals surface area contributed by atoms with Crippen LogP contribution in [0.3, 0.4) is 0 Å². The second-order valence-electron chi connectivity index (χ2n) is 6.47. The summed E-state index contributed by atoms with van der Waals surface area (Å²) in [7, 11) is 0. The molecule has 1 saturated carbocycles. The molecule has 1 atom stereocenters. The van der Waals surface area contributed by atoms with Gasteiger partial charge in [-0.2, -0.15) is 0 Å². The summed E-state index contributed by atoms with van der Waals surface area (Å²) in [6, 6.07) is 10.2. The van der Waals surface area contributed by atoms with E-state index in [-0.39, 0.29) is 23.8 Å². The number of likely N-dealkylation sites (tertiary alicyclic amines) is 1. The van der Waals surface area contributed by atoms with Crippen LogP contribution in [0.2, 0.25) is 0 Å². The van der Waals surface area contributed by atoms with Gasteiger partial charge in [-0.05, 0) is 24.8 Å². The van der Waals surface area contributed by atoms with Crippen molar-refractivity contribution < 1.29 is 9.59 Å². The lowest BCUT2D eigenvalue weighted by Gasteiger charge is -2.18. The molecule has 3 rings (SSSR count). The highest BCUT2D eigenvalue weighted by molar-refractivity contribution is 5.83. The van der Waals surface area contributed by atoms with Gasteiger partial charge in [0.15, 0.2) is 0 Å². The van der Waals surface area contributed by atoms with Crippen molar-refractivity contribution in [1.29, 1.82) is 0 Å². The summed E-state index contributed by atoms with van der Waals surface area (Å²) in [6.45, 7) is 1.39. The van der Waals surface area contributed by atoms with Crippen molar-refractivity contribution in [2.45, 2.75) is 44.6 Å². The van der Waals surface area contributed by atoms with Crippen LogP contribution in [0.15, 0.2) is 30.3 Å². The lowest BCUT2D eigenvalue weighted by Crippen LogP contribution is -2.40. The van der Waals surface area contributed by atoms with Gasteiger partial charge in [-0.15, -0.1) is 0 Å². The molecule has 0 bridgehead atoms. The minimum atomic E-state index is -0.00336. The van der Waals surface area contributed by atoms with Crippen LogP contribution in [0.25, 0.3) is 0 Å². The highest BCUT2D eigenvalue weighted by Crippen LogP contribution is 2.25. The van der Waals surface area contributed by atoms with Crippen molar-refractivity contribution >= 4 is 11.8 Å². The Morgan fingerprint density at radius 2 is 1.91 bits per heavy atom. The van der Waals surface area contributed by atoms with Gasteiger partial charge >= 0.3 is 0 Å². The molecule has 22 heavy (non-hydrogen) atoms. The van der Waals surface area contributed by atoms with Gasteiger partial charge in [0.1, 0.15) is 0 Å². The Morgan fingerprint density at radius 1 is 1.18 bits per heavy atom. The molecular formula is C18H24N2O2. The molecule has 0 aromatic heterocycles. The van der Waals surface area contributed by atoms with Gasteiger partial charge in [-0.3, -0.25) is 9.59 Å². The normalized spacial score (nSPS) is 22.3. The molecule has 1 aliphatic carbocycles. The van der Waals surface area contributed by atoms with E-state index in [1.54, 1.807) is 0 Å². The maximum atomic E-state index is 12.2. The van der Waals surface area contributed by atoms with E-state index in [2.05, 4.69) is 17.4 Å². The minimum Gasteiger partial charge on any atom is -0.351 e. The van der Waals surface area contributed by atoms with Gasteiger partial charge in [-0.25, -0.2) is 0 Å². The minimum absolute atomic E-state index is 0.00336. The van der Waals surface area contributed by atoms with Crippen LogP contribution < -0.4 is 5.32 Å². The highest BCUT2D eigenvalue weighted by atomic mass is 16.2. The van der Waals surface area contributed by atoms with Crippen LogP contribution in [0.5, 0.6) is 0 Å². The Hall–Kier alpha value is -1.84. The average molecular weight is 300 g/mol. The number of carbonyl (C=O) groups is 2. The Kier molecular flexibility index (Phi) is 4.76. The molecule has 0 radical (unpaired) electrons. The van der Waals surface area contributed by atoms with Crippen LogP contribution in [-0.2, 0) is 16.0 Å². The average Bonchev–Trinajstić information content (AvgIpc) is 3.16. The Morgan fingerprint density at radius 3 is 2.64 bits per heavy atom. The predicted molar refractivity (Wildman–Crippen MR) is 85.2 cm³/mol. The summed E-state index contributed by atoms with van der Waals surface area (Å²) >= 11 is 0. The summed E-state index contributed by atoms with van der Waals surface area (Å²) in [4.78, 5) is 26.1. The fourth-order valence-electron chi connectivity index (χ4n) is 3.50. The van der Waals surface area contributed by atoms with E-state index in [1.807, 2.05) is 23.1 Å². The zero-order chi connectivity index (χ0) is 15.4. The van der Waals surface area contributed by atoms with Gasteiger partial charge in [0.2, 0.25) is 11.8 Å². The summed E-state index contributed by atoms with van der Waals surface area (Å²) < 4.78 is 0. The Labute approximate surface area is 131 Å². The van der Waals surface area contributed by atoms with Gasteiger partial charge in [0, 0.05) is 25.4 Å². The Balaban J connectivity index is 1.47. The number of hydrogen-bond acceptors (Lipinski definition) is 2. The van der Waals surface area contributed by atoms with Gasteiger partial charge in [0.05, 0.1) is 6.04 Å². The predicted octanol–water partition coefficient (Wildman–Crippen LogP) is 2.14. The summed E-state index contributed by atoms with van der Waals surface area (Å²) in [6.07, 6.45) is 5.65. The first kappa shape index (κ1) is 15.1. The molecule has 1 aromatic rings. The monoisotopic (exact) mass is 300 g/mol. The van der Waals surface area contributed by atoms with E-state index >= 15 is 0 Å². The molecule has 1 unspecified atom stereocenters. The van der Waals surface area contributed by atoms with Crippen molar-refractivity contribution in [3.05, 3.63) is 35.9 Å². The standard InChI is InChI=1S/C18H24N2O2/c21-17-12-16(19-18(22)15-8-4-5-9-15)13-20(17)11-10-14-6-2-1-3-7-14/h1-3,6-7,15-16H,4-5,8-13H2,(H,19,22). The summed E-state index contributed by atoms with van der Waals surface area (Å²) in [5.41, 5.74) is 1.24. The van der Waals surface area contributed by atoms with E-state index in [0.29, 0.717) is 13.0 Å². The van der Waals surface area contributed by atoms with Crippen molar-refractivity contribution in [2.24, 2.45) is 5.92 Å². The number of nitrogens with zero attached hydrogens (tertiary/aromatic N) is 1. The van der Waals surface area contributed by atoms with Crippen molar-refractivity contribution in [2.75, 3.05) is 13.1 Å². The smallest absolute Gasteiger partial charge is 0.224 e. The van der Waals surface area contributed by atoms with E-state index < -0.39 is 0 Å². The topological polar surface area (TPSA) is 49.4 Å². The molecule has 1 aromatic carbocycles. The Bertz CT molecular complexity index is 523. The van der Waals surface area contributed by atoms with Crippen LogP contribution in [0.1, 0.15) is 37.7 Å². The van der Waals surface area contributed by atoms with Crippen molar-refractivity contribution in [3.63, 3.8) is 0 Å². The van der Waals surface area contributed by atoms with Crippen LogP contribution >= 0.6 is 0 Å². The first-order valence-corrected chi connectivity index (χ1v) is 8.34. The lowest BCUT2D eigenvalue weighted by atomic mass is 10.1. The van der Waals surface area contributed by atoms with Gasteiger partial charge in [0.25, 0.3) is 0 Å². The maximum Gasteiger partial charge on any atom is 0.224 e. The fraction of sp³-hybridized carbons (Fsp3) is 0.556. The van der Waals surface area contributed by atoms with Crippen LogP contribution in [0, 0.1) is 5.92 Å². The molecular weight excluding hydrogens is 276 g/mol. The molecule has 2 aliphatic rings. The fourth-order valence-corrected chi connectivity index (χ4v) is 3.50. The van der Waals surface area contributed by atoms with E-state index in [9.17, 15) is 9.59 Å². The second kappa shape index (κ2) is 6.95. The maximum absolute atomic E-state index is 12.2. The number of rotatable bonds is 5. The quantitative estimate of drug-likeness (QED) is 0.905. The third-order valence-electron chi connectivity index (χ3n) is 4.80. The zero-order valence-electron chi connectivity index (χ0n) is 13.0. The molecule has 1 saturated heterocycles. The van der Waals surface area contributed by atoms with Crippen molar-refractivity contribution in [1.82, 2.24) is 10.2 Å². The number of carbonyl (C=O) groups excluding carboxylic acids is 2. The molecule has 118 valence electrons. The van der Waals surface area contributed by atoms with E-state index in [4.69, 9.17) is 0 Å². The van der Waals surface area contributed by atoms with Gasteiger partial charge in [-0.1, -0.05) is 43.2 Å². The third kappa shape index (κ3) is 3.67. The van der Waals surface area contributed by atoms with E-state index in [1.165, 1.54) is 5.56 Å². The van der Waals surface area contributed by atoms with Gasteiger partial charge < -0.3 is 10.2 Å². The van der Waals surface area contributed by atoms with Crippen LogP contribution in [-0.4, -0.2) is 35.8 Å². The molecule has 2 fully saturated rings. The number of hydrogen-bond donors (Lipinski definition) is 1. The molecule has 1 N–H and O–H groups in total. The van der Waals surface area contributed by atoms with Crippen LogP contribution in [0.4, 0.5) is 0 Å². The lowest BCUT2D eigenvalue weighted by molar-refractivity contribution is -0.127. The molecule has 1 heterocycles. The highest BCUT2D eigenvalue weighted by Gasteiger charge is 2.32. The molecule has 2 amide bonds. The SMILES string of the molecule is O=C(NC1CC(=O)N(CCc2ccccc2)C1)C1CCCC1. The second-order valence-corrected chi connectivity index (χ2v) is 6.47. The van der Waals surface area contributed by atoms with E-state index in [0.717, 1.165) is 38.6 Å². The largest absolute Gasteiger partial charge is 0.351 e. The number of nitrogens with one attached hydrogen (secondary N) is 1. The molecule has 4 nitrogen and oxygen atoms in total. The molecule has 0 spiro atoms. The number of amides is 2. The number of benzene rings is 1. The van der Waals surface area contributed by atoms with Crippen molar-refractivity contribution in [3.8, 4) is 0 Å². The molecule has 1 aliphatic heterocycles.